The molecule has 1 heterocycles. The van der Waals surface area contributed by atoms with Gasteiger partial charge in [0.05, 0.1) is 16.7 Å². The van der Waals surface area contributed by atoms with E-state index < -0.39 is 0 Å². The summed E-state index contributed by atoms with van der Waals surface area (Å²) in [5, 5.41) is 2.90. The molecule has 1 aromatic heterocycles. The third-order valence-electron chi connectivity index (χ3n) is 2.69. The van der Waals surface area contributed by atoms with Crippen LogP contribution in [0.2, 0.25) is 0 Å². The zero-order chi connectivity index (χ0) is 13.4. The minimum absolute atomic E-state index is 0.352. The van der Waals surface area contributed by atoms with E-state index in [2.05, 4.69) is 31.2 Å². The number of hydrogen-bond donors (Lipinski definition) is 3. The number of rotatable bonds is 2. The lowest BCUT2D eigenvalue weighted by atomic mass is 10.3. The van der Waals surface area contributed by atoms with Crippen molar-refractivity contribution >= 4 is 44.3 Å². The SMILES string of the molecule is Nc1ccc2nc(Nc3ccc(Br)cc3F)[nH]c2c1. The summed E-state index contributed by atoms with van der Waals surface area (Å²) in [5.41, 5.74) is 8.28. The van der Waals surface area contributed by atoms with Crippen molar-refractivity contribution in [3.63, 3.8) is 0 Å². The maximum atomic E-state index is 13.7. The highest BCUT2D eigenvalue weighted by molar-refractivity contribution is 9.10. The van der Waals surface area contributed by atoms with Gasteiger partial charge < -0.3 is 16.0 Å². The summed E-state index contributed by atoms with van der Waals surface area (Å²) in [6, 6.07) is 10.2. The summed E-state index contributed by atoms with van der Waals surface area (Å²) in [5.74, 6) is 0.121. The zero-order valence-corrected chi connectivity index (χ0v) is 11.3. The molecule has 0 atom stereocenters. The zero-order valence-electron chi connectivity index (χ0n) is 9.74. The molecule has 0 spiro atoms. The van der Waals surface area contributed by atoms with E-state index in [1.54, 1.807) is 24.3 Å². The summed E-state index contributed by atoms with van der Waals surface area (Å²) in [6.45, 7) is 0. The number of nitrogens with zero attached hydrogens (tertiary/aromatic N) is 1. The molecule has 96 valence electrons. The number of anilines is 3. The van der Waals surface area contributed by atoms with Gasteiger partial charge in [-0.1, -0.05) is 15.9 Å². The Morgan fingerprint density at radius 1 is 1.21 bits per heavy atom. The van der Waals surface area contributed by atoms with Crippen molar-refractivity contribution in [3.8, 4) is 0 Å². The Bertz CT molecular complexity index is 753. The molecule has 0 unspecified atom stereocenters. The first-order valence-corrected chi connectivity index (χ1v) is 6.38. The number of halogens is 2. The number of hydrogen-bond acceptors (Lipinski definition) is 3. The first-order chi connectivity index (χ1) is 9.11. The van der Waals surface area contributed by atoms with Gasteiger partial charge in [-0.25, -0.2) is 9.37 Å². The molecular formula is C13H10BrFN4. The fourth-order valence-electron chi connectivity index (χ4n) is 1.80. The van der Waals surface area contributed by atoms with Gasteiger partial charge in [-0.3, -0.25) is 0 Å². The molecule has 19 heavy (non-hydrogen) atoms. The topological polar surface area (TPSA) is 66.7 Å². The summed E-state index contributed by atoms with van der Waals surface area (Å²) in [4.78, 5) is 7.36. The molecule has 0 aliphatic carbocycles. The summed E-state index contributed by atoms with van der Waals surface area (Å²) >= 11 is 3.21. The minimum atomic E-state index is -0.352. The van der Waals surface area contributed by atoms with E-state index in [9.17, 15) is 4.39 Å². The molecule has 4 N–H and O–H groups in total. The number of H-pyrrole nitrogens is 1. The van der Waals surface area contributed by atoms with Crippen molar-refractivity contribution in [1.29, 1.82) is 0 Å². The van der Waals surface area contributed by atoms with Crippen LogP contribution in [0.1, 0.15) is 0 Å². The predicted molar refractivity (Wildman–Crippen MR) is 77.9 cm³/mol. The molecule has 0 radical (unpaired) electrons. The van der Waals surface area contributed by atoms with Crippen LogP contribution in [-0.2, 0) is 0 Å². The first kappa shape index (κ1) is 12.0. The molecule has 0 bridgehead atoms. The van der Waals surface area contributed by atoms with Crippen LogP contribution < -0.4 is 11.1 Å². The monoisotopic (exact) mass is 320 g/mol. The van der Waals surface area contributed by atoms with E-state index >= 15 is 0 Å². The number of fused-ring (bicyclic) bond motifs is 1. The van der Waals surface area contributed by atoms with Crippen molar-refractivity contribution in [2.24, 2.45) is 0 Å². The van der Waals surface area contributed by atoms with Crippen molar-refractivity contribution in [2.45, 2.75) is 0 Å². The van der Waals surface area contributed by atoms with Crippen molar-refractivity contribution in [3.05, 3.63) is 46.7 Å². The second-order valence-electron chi connectivity index (χ2n) is 4.11. The Labute approximate surface area is 117 Å². The normalized spacial score (nSPS) is 10.8. The number of aromatic amines is 1. The Morgan fingerprint density at radius 3 is 2.84 bits per heavy atom. The quantitative estimate of drug-likeness (QED) is 0.629. The predicted octanol–water partition coefficient (Wildman–Crippen LogP) is 3.79. The fraction of sp³-hybridized carbons (Fsp3) is 0. The van der Waals surface area contributed by atoms with Gasteiger partial charge in [0.2, 0.25) is 5.95 Å². The van der Waals surface area contributed by atoms with E-state index in [0.717, 1.165) is 11.0 Å². The Balaban J connectivity index is 1.96. The summed E-state index contributed by atoms with van der Waals surface area (Å²) < 4.78 is 14.4. The van der Waals surface area contributed by atoms with Crippen molar-refractivity contribution < 1.29 is 4.39 Å². The number of aromatic nitrogens is 2. The maximum Gasteiger partial charge on any atom is 0.205 e. The van der Waals surface area contributed by atoms with Crippen LogP contribution in [0.15, 0.2) is 40.9 Å². The third kappa shape index (κ3) is 2.39. The highest BCUT2D eigenvalue weighted by Gasteiger charge is 2.07. The van der Waals surface area contributed by atoms with E-state index in [1.165, 1.54) is 6.07 Å². The van der Waals surface area contributed by atoms with Crippen molar-refractivity contribution in [2.75, 3.05) is 11.1 Å². The third-order valence-corrected chi connectivity index (χ3v) is 3.18. The molecule has 0 aliphatic heterocycles. The lowest BCUT2D eigenvalue weighted by molar-refractivity contribution is 0.631. The minimum Gasteiger partial charge on any atom is -0.399 e. The van der Waals surface area contributed by atoms with E-state index in [1.807, 2.05) is 6.07 Å². The molecule has 3 aromatic rings. The largest absolute Gasteiger partial charge is 0.399 e. The average Bonchev–Trinajstić information content (AvgIpc) is 2.74. The lowest BCUT2D eigenvalue weighted by Crippen LogP contribution is -1.95. The van der Waals surface area contributed by atoms with Gasteiger partial charge in [-0.05, 0) is 36.4 Å². The molecule has 0 saturated carbocycles. The number of nitrogens with one attached hydrogen (secondary N) is 2. The molecule has 2 aromatic carbocycles. The molecule has 3 rings (SSSR count). The van der Waals surface area contributed by atoms with Gasteiger partial charge >= 0.3 is 0 Å². The van der Waals surface area contributed by atoms with Gasteiger partial charge in [0, 0.05) is 10.2 Å². The highest BCUT2D eigenvalue weighted by atomic mass is 79.9. The summed E-state index contributed by atoms with van der Waals surface area (Å²) in [7, 11) is 0. The lowest BCUT2D eigenvalue weighted by Gasteiger charge is -2.04. The van der Waals surface area contributed by atoms with Gasteiger partial charge in [0.1, 0.15) is 5.82 Å². The Kier molecular flexibility index (Phi) is 2.87. The van der Waals surface area contributed by atoms with E-state index in [0.29, 0.717) is 21.8 Å². The van der Waals surface area contributed by atoms with Crippen molar-refractivity contribution in [1.82, 2.24) is 9.97 Å². The number of imidazole rings is 1. The molecule has 0 fully saturated rings. The van der Waals surface area contributed by atoms with Crippen LogP contribution in [0.5, 0.6) is 0 Å². The molecule has 6 heteroatoms. The van der Waals surface area contributed by atoms with Crippen LogP contribution in [0.4, 0.5) is 21.7 Å². The van der Waals surface area contributed by atoms with Gasteiger partial charge in [0.15, 0.2) is 0 Å². The fourth-order valence-corrected chi connectivity index (χ4v) is 2.14. The molecule has 4 nitrogen and oxygen atoms in total. The standard InChI is InChI=1S/C13H10BrFN4/c14-7-1-3-10(9(15)5-7)17-13-18-11-4-2-8(16)6-12(11)19-13/h1-6H,16H2,(H2,17,18,19). The molecule has 0 saturated heterocycles. The molecule has 0 amide bonds. The van der Waals surface area contributed by atoms with Crippen LogP contribution >= 0.6 is 15.9 Å². The maximum absolute atomic E-state index is 13.7. The Morgan fingerprint density at radius 2 is 2.05 bits per heavy atom. The van der Waals surface area contributed by atoms with Crippen LogP contribution in [-0.4, -0.2) is 9.97 Å². The highest BCUT2D eigenvalue weighted by Crippen LogP contribution is 2.24. The number of nitrogen functional groups attached to an aromatic ring is 1. The number of benzene rings is 2. The molecule has 0 aliphatic rings. The van der Waals surface area contributed by atoms with Gasteiger partial charge in [-0.2, -0.15) is 0 Å². The second-order valence-corrected chi connectivity index (χ2v) is 5.03. The second kappa shape index (κ2) is 4.55. The molecular weight excluding hydrogens is 311 g/mol. The number of nitrogens with two attached hydrogens (primary N) is 1. The summed E-state index contributed by atoms with van der Waals surface area (Å²) in [6.07, 6.45) is 0. The first-order valence-electron chi connectivity index (χ1n) is 5.59. The van der Waals surface area contributed by atoms with Crippen LogP contribution in [0.3, 0.4) is 0 Å². The van der Waals surface area contributed by atoms with Crippen LogP contribution in [0.25, 0.3) is 11.0 Å². The smallest absolute Gasteiger partial charge is 0.205 e. The van der Waals surface area contributed by atoms with Gasteiger partial charge in [-0.15, -0.1) is 0 Å². The van der Waals surface area contributed by atoms with Crippen LogP contribution in [0, 0.1) is 5.82 Å². The average molecular weight is 321 g/mol. The van der Waals surface area contributed by atoms with E-state index in [4.69, 9.17) is 5.73 Å². The Hall–Kier alpha value is -2.08. The van der Waals surface area contributed by atoms with E-state index in [-0.39, 0.29) is 5.82 Å². The van der Waals surface area contributed by atoms with Gasteiger partial charge in [0.25, 0.3) is 0 Å².